The van der Waals surface area contributed by atoms with Gasteiger partial charge in [0.1, 0.15) is 5.82 Å². The van der Waals surface area contributed by atoms with Gasteiger partial charge in [0.15, 0.2) is 0 Å². The smallest absolute Gasteiger partial charge is 0.139 e. The Morgan fingerprint density at radius 3 is 2.65 bits per heavy atom. The molecular formula is C12H18BrFN2O. The summed E-state index contributed by atoms with van der Waals surface area (Å²) >= 11 is 3.13. The van der Waals surface area contributed by atoms with Gasteiger partial charge in [-0.25, -0.2) is 4.39 Å². The lowest BCUT2D eigenvalue weighted by atomic mass is 10.2. The van der Waals surface area contributed by atoms with Crippen LogP contribution in [0.2, 0.25) is 0 Å². The SMILES string of the molecule is Nc1cc(F)c(Br)cc1NCCCCCCO. The van der Waals surface area contributed by atoms with Gasteiger partial charge in [-0.15, -0.1) is 0 Å². The van der Waals surface area contributed by atoms with Crippen LogP contribution in [0, 0.1) is 5.82 Å². The van der Waals surface area contributed by atoms with Gasteiger partial charge in [0.05, 0.1) is 15.8 Å². The van der Waals surface area contributed by atoms with E-state index < -0.39 is 0 Å². The average molecular weight is 305 g/mol. The lowest BCUT2D eigenvalue weighted by Gasteiger charge is -2.10. The van der Waals surface area contributed by atoms with Gasteiger partial charge in [-0.1, -0.05) is 12.8 Å². The summed E-state index contributed by atoms with van der Waals surface area (Å²) < 4.78 is 13.5. The molecule has 1 rings (SSSR count). The second-order valence-electron chi connectivity index (χ2n) is 3.92. The Hall–Kier alpha value is -0.810. The minimum Gasteiger partial charge on any atom is -0.397 e. The highest BCUT2D eigenvalue weighted by Crippen LogP contribution is 2.26. The van der Waals surface area contributed by atoms with E-state index >= 15 is 0 Å². The van der Waals surface area contributed by atoms with Gasteiger partial charge in [-0.2, -0.15) is 0 Å². The monoisotopic (exact) mass is 304 g/mol. The summed E-state index contributed by atoms with van der Waals surface area (Å²) in [5.41, 5.74) is 6.86. The van der Waals surface area contributed by atoms with Crippen LogP contribution in [0.5, 0.6) is 0 Å². The first-order valence-electron chi connectivity index (χ1n) is 5.74. The molecule has 0 aliphatic rings. The maximum atomic E-state index is 13.1. The molecule has 0 bridgehead atoms. The number of hydrogen-bond acceptors (Lipinski definition) is 3. The van der Waals surface area contributed by atoms with Crippen molar-refractivity contribution in [1.82, 2.24) is 0 Å². The minimum atomic E-state index is -0.351. The maximum Gasteiger partial charge on any atom is 0.139 e. The Morgan fingerprint density at radius 2 is 1.94 bits per heavy atom. The molecule has 17 heavy (non-hydrogen) atoms. The third kappa shape index (κ3) is 4.91. The number of nitrogens with two attached hydrogens (primary N) is 1. The van der Waals surface area contributed by atoms with E-state index in [0.717, 1.165) is 37.9 Å². The van der Waals surface area contributed by atoms with E-state index in [0.29, 0.717) is 10.2 Å². The lowest BCUT2D eigenvalue weighted by Crippen LogP contribution is -2.05. The van der Waals surface area contributed by atoms with E-state index in [-0.39, 0.29) is 12.4 Å². The van der Waals surface area contributed by atoms with Crippen LogP contribution >= 0.6 is 15.9 Å². The summed E-state index contributed by atoms with van der Waals surface area (Å²) in [7, 11) is 0. The highest BCUT2D eigenvalue weighted by atomic mass is 79.9. The Kier molecular flexibility index (Phi) is 6.29. The summed E-state index contributed by atoms with van der Waals surface area (Å²) in [6.07, 6.45) is 3.95. The molecule has 1 aromatic carbocycles. The molecule has 0 aliphatic carbocycles. The van der Waals surface area contributed by atoms with Gasteiger partial charge in [0.25, 0.3) is 0 Å². The molecule has 0 fully saturated rings. The van der Waals surface area contributed by atoms with E-state index in [1.807, 2.05) is 0 Å². The molecule has 5 heteroatoms. The Labute approximate surface area is 109 Å². The number of benzene rings is 1. The number of hydrogen-bond donors (Lipinski definition) is 3. The van der Waals surface area contributed by atoms with Crippen molar-refractivity contribution in [1.29, 1.82) is 0 Å². The number of halogens is 2. The van der Waals surface area contributed by atoms with Crippen molar-refractivity contribution in [2.75, 3.05) is 24.2 Å². The van der Waals surface area contributed by atoms with Gasteiger partial charge >= 0.3 is 0 Å². The quantitative estimate of drug-likeness (QED) is 0.536. The van der Waals surface area contributed by atoms with E-state index in [9.17, 15) is 4.39 Å². The molecule has 96 valence electrons. The molecule has 3 nitrogen and oxygen atoms in total. The second-order valence-corrected chi connectivity index (χ2v) is 4.77. The van der Waals surface area contributed by atoms with Crippen LogP contribution in [0.4, 0.5) is 15.8 Å². The molecule has 0 spiro atoms. The Balaban J connectivity index is 2.34. The number of anilines is 2. The molecule has 1 aromatic rings. The van der Waals surface area contributed by atoms with Crippen LogP contribution in [0.1, 0.15) is 25.7 Å². The predicted molar refractivity (Wildman–Crippen MR) is 72.6 cm³/mol. The van der Waals surface area contributed by atoms with E-state index in [1.54, 1.807) is 6.07 Å². The largest absolute Gasteiger partial charge is 0.397 e. The molecular weight excluding hydrogens is 287 g/mol. The third-order valence-electron chi connectivity index (χ3n) is 2.49. The number of nitrogens with one attached hydrogen (secondary N) is 1. The van der Waals surface area contributed by atoms with Gasteiger partial charge in [0.2, 0.25) is 0 Å². The van der Waals surface area contributed by atoms with Gasteiger partial charge in [-0.05, 0) is 34.8 Å². The van der Waals surface area contributed by atoms with Crippen LogP contribution in [-0.2, 0) is 0 Å². The van der Waals surface area contributed by atoms with Gasteiger partial charge in [0, 0.05) is 19.2 Å². The molecule has 0 aliphatic heterocycles. The first-order valence-corrected chi connectivity index (χ1v) is 6.53. The Bertz CT molecular complexity index is 361. The molecule has 0 aromatic heterocycles. The zero-order valence-electron chi connectivity index (χ0n) is 9.68. The third-order valence-corrected chi connectivity index (χ3v) is 3.10. The summed E-state index contributed by atoms with van der Waals surface area (Å²) in [4.78, 5) is 0. The first-order chi connectivity index (χ1) is 8.15. The van der Waals surface area contributed by atoms with Crippen LogP contribution in [0.15, 0.2) is 16.6 Å². The fourth-order valence-electron chi connectivity index (χ4n) is 1.53. The van der Waals surface area contributed by atoms with Crippen LogP contribution < -0.4 is 11.1 Å². The number of aliphatic hydroxyl groups is 1. The zero-order valence-corrected chi connectivity index (χ0v) is 11.3. The lowest BCUT2D eigenvalue weighted by molar-refractivity contribution is 0.283. The fraction of sp³-hybridized carbons (Fsp3) is 0.500. The fourth-order valence-corrected chi connectivity index (χ4v) is 1.87. The number of unbranched alkanes of at least 4 members (excludes halogenated alkanes) is 3. The average Bonchev–Trinajstić information content (AvgIpc) is 2.30. The van der Waals surface area contributed by atoms with Crippen molar-refractivity contribution >= 4 is 27.3 Å². The molecule has 4 N–H and O–H groups in total. The molecule has 0 atom stereocenters. The van der Waals surface area contributed by atoms with Crippen molar-refractivity contribution in [3.8, 4) is 0 Å². The van der Waals surface area contributed by atoms with Crippen molar-refractivity contribution in [2.45, 2.75) is 25.7 Å². The summed E-state index contributed by atoms with van der Waals surface area (Å²) in [5, 5.41) is 11.8. The van der Waals surface area contributed by atoms with E-state index in [2.05, 4.69) is 21.2 Å². The molecule has 0 radical (unpaired) electrons. The first kappa shape index (κ1) is 14.3. The predicted octanol–water partition coefficient (Wildman–Crippen LogP) is 3.14. The minimum absolute atomic E-state index is 0.255. The number of aliphatic hydroxyl groups excluding tert-OH is 1. The normalized spacial score (nSPS) is 10.5. The van der Waals surface area contributed by atoms with Crippen molar-refractivity contribution in [3.63, 3.8) is 0 Å². The molecule has 0 saturated heterocycles. The molecule has 0 saturated carbocycles. The van der Waals surface area contributed by atoms with Crippen LogP contribution in [0.25, 0.3) is 0 Å². The number of nitrogen functional groups attached to an aromatic ring is 1. The van der Waals surface area contributed by atoms with Crippen LogP contribution in [-0.4, -0.2) is 18.3 Å². The van der Waals surface area contributed by atoms with Gasteiger partial charge < -0.3 is 16.2 Å². The van der Waals surface area contributed by atoms with Gasteiger partial charge in [-0.3, -0.25) is 0 Å². The van der Waals surface area contributed by atoms with Crippen molar-refractivity contribution < 1.29 is 9.50 Å². The molecule has 0 amide bonds. The summed E-state index contributed by atoms with van der Waals surface area (Å²) in [6, 6.07) is 2.95. The maximum absolute atomic E-state index is 13.1. The van der Waals surface area contributed by atoms with Crippen LogP contribution in [0.3, 0.4) is 0 Å². The van der Waals surface area contributed by atoms with E-state index in [1.165, 1.54) is 6.07 Å². The summed E-state index contributed by atoms with van der Waals surface area (Å²) in [5.74, 6) is -0.351. The van der Waals surface area contributed by atoms with Crippen molar-refractivity contribution in [3.05, 3.63) is 22.4 Å². The molecule has 0 unspecified atom stereocenters. The highest BCUT2D eigenvalue weighted by Gasteiger charge is 2.05. The van der Waals surface area contributed by atoms with Crippen molar-refractivity contribution in [2.24, 2.45) is 0 Å². The zero-order chi connectivity index (χ0) is 12.7. The topological polar surface area (TPSA) is 58.3 Å². The summed E-state index contributed by atoms with van der Waals surface area (Å²) in [6.45, 7) is 1.05. The van der Waals surface area contributed by atoms with E-state index in [4.69, 9.17) is 10.8 Å². The highest BCUT2D eigenvalue weighted by molar-refractivity contribution is 9.10. The standard InChI is InChI=1S/C12H18BrFN2O/c13-9-7-12(11(15)8-10(9)14)16-5-3-1-2-4-6-17/h7-8,16-17H,1-6,15H2. The molecule has 0 heterocycles. The Morgan fingerprint density at radius 1 is 1.24 bits per heavy atom. The second kappa shape index (κ2) is 7.50. The number of rotatable bonds is 7.